The number of phenolic OH excluding ortho intramolecular Hbond substituents is 1. The number of hydrogen-bond acceptors (Lipinski definition) is 2. The minimum absolute atomic E-state index is 0.0959. The maximum absolute atomic E-state index is 11.3. The summed E-state index contributed by atoms with van der Waals surface area (Å²) in [7, 11) is 5.48. The smallest absolute Gasteiger partial charge is 0.151 e. The first-order valence-corrected chi connectivity index (χ1v) is 4.96. The van der Waals surface area contributed by atoms with Gasteiger partial charge in [-0.25, -0.2) is 8.93 Å². The van der Waals surface area contributed by atoms with Crippen LogP contribution < -0.4 is 10.2 Å². The second kappa shape index (κ2) is 4.13. The molecule has 0 saturated heterocycles. The lowest BCUT2D eigenvalue weighted by Crippen LogP contribution is -2.13. The topological polar surface area (TPSA) is 49.3 Å². The molecule has 2 N–H and O–H groups in total. The van der Waals surface area contributed by atoms with Crippen molar-refractivity contribution in [3.63, 3.8) is 0 Å². The summed E-state index contributed by atoms with van der Waals surface area (Å²) in [6, 6.07) is 2.81. The average molecular weight is 215 g/mol. The third-order valence-corrected chi connectivity index (χ3v) is 2.81. The monoisotopic (exact) mass is 215 g/mol. The fourth-order valence-corrected chi connectivity index (χ4v) is 1.88. The van der Waals surface area contributed by atoms with Crippen LogP contribution in [-0.4, -0.2) is 24.2 Å². The summed E-state index contributed by atoms with van der Waals surface area (Å²) in [4.78, 5) is 0.188. The zero-order valence-electron chi connectivity index (χ0n) is 6.87. The minimum Gasteiger partial charge on any atom is -0.505 e. The fourth-order valence-electron chi connectivity index (χ4n) is 0.845. The third-order valence-electron chi connectivity index (χ3n) is 1.44. The number of nitrogens with one attached hydrogen (secondary N) is 1. The predicted molar refractivity (Wildman–Crippen MR) is 54.0 cm³/mol. The highest BCUT2D eigenvalue weighted by molar-refractivity contribution is 7.83. The van der Waals surface area contributed by atoms with E-state index in [2.05, 4.69) is 4.72 Å². The maximum atomic E-state index is 11.3. The molecule has 3 nitrogen and oxygen atoms in total. The maximum Gasteiger partial charge on any atom is 0.151 e. The highest BCUT2D eigenvalue weighted by atomic mass is 35.5. The van der Waals surface area contributed by atoms with Gasteiger partial charge in [0.05, 0.1) is 9.92 Å². The van der Waals surface area contributed by atoms with E-state index >= 15 is 0 Å². The molecule has 0 aliphatic rings. The Morgan fingerprint density at radius 2 is 2.23 bits per heavy atom. The summed E-state index contributed by atoms with van der Waals surface area (Å²) in [5.74, 6) is -0.205. The summed E-state index contributed by atoms with van der Waals surface area (Å²) in [5, 5.41) is 9.50. The molecule has 0 heterocycles. The molecule has 1 rings (SSSR count). The highest BCUT2D eigenvalue weighted by Crippen LogP contribution is 2.27. The van der Waals surface area contributed by atoms with Gasteiger partial charge in [0.2, 0.25) is 0 Å². The van der Waals surface area contributed by atoms with Crippen molar-refractivity contribution < 1.29 is 9.32 Å². The Labute approximate surface area is 85.1 Å². The van der Waals surface area contributed by atoms with Crippen molar-refractivity contribution in [3.05, 3.63) is 17.2 Å². The molecule has 1 aromatic carbocycles. The van der Waals surface area contributed by atoms with Crippen LogP contribution in [0.2, 0.25) is 5.02 Å². The molecule has 1 unspecified atom stereocenters. The Kier molecular flexibility index (Phi) is 3.36. The normalized spacial score (nSPS) is 12.8. The second-order valence-electron chi connectivity index (χ2n) is 2.32. The van der Waals surface area contributed by atoms with Gasteiger partial charge in [0.1, 0.15) is 18.8 Å². The van der Waals surface area contributed by atoms with Gasteiger partial charge in [-0.2, -0.15) is 0 Å². The van der Waals surface area contributed by atoms with Gasteiger partial charge < -0.3 is 5.11 Å². The van der Waals surface area contributed by atoms with Crippen molar-refractivity contribution >= 4 is 35.9 Å². The van der Waals surface area contributed by atoms with E-state index in [9.17, 15) is 9.32 Å². The molecule has 0 spiro atoms. The van der Waals surface area contributed by atoms with Crippen molar-refractivity contribution in [3.8, 4) is 5.75 Å². The van der Waals surface area contributed by atoms with E-state index in [0.717, 1.165) is 0 Å². The molecule has 1 atom stereocenters. The summed E-state index contributed by atoms with van der Waals surface area (Å²) in [5.41, 5.74) is 0.362. The van der Waals surface area contributed by atoms with Crippen molar-refractivity contribution in [2.75, 3.05) is 7.05 Å². The molecular formula is C7H7BClNO2S. The van der Waals surface area contributed by atoms with Gasteiger partial charge in [-0.1, -0.05) is 17.1 Å². The molecule has 0 aliphatic heterocycles. The van der Waals surface area contributed by atoms with Crippen LogP contribution in [-0.2, 0) is 11.0 Å². The number of benzene rings is 1. The number of halogens is 1. The number of rotatable bonds is 2. The van der Waals surface area contributed by atoms with Gasteiger partial charge in [-0.3, -0.25) is 0 Å². The first-order chi connectivity index (χ1) is 6.06. The Bertz CT molecular complexity index is 359. The van der Waals surface area contributed by atoms with Crippen LogP contribution in [0.3, 0.4) is 0 Å². The highest BCUT2D eigenvalue weighted by Gasteiger charge is 2.11. The van der Waals surface area contributed by atoms with Crippen LogP contribution in [0.1, 0.15) is 0 Å². The molecule has 13 heavy (non-hydrogen) atoms. The molecule has 0 fully saturated rings. The Hall–Kier alpha value is -0.515. The zero-order chi connectivity index (χ0) is 10.0. The van der Waals surface area contributed by atoms with Gasteiger partial charge in [0.25, 0.3) is 0 Å². The zero-order valence-corrected chi connectivity index (χ0v) is 8.45. The molecule has 0 aliphatic carbocycles. The Balaban J connectivity index is 3.28. The lowest BCUT2D eigenvalue weighted by molar-refractivity contribution is 0.461. The molecule has 0 saturated carbocycles. The van der Waals surface area contributed by atoms with E-state index in [-0.39, 0.29) is 15.7 Å². The molecule has 6 heteroatoms. The lowest BCUT2D eigenvalue weighted by atomic mass is 9.96. The molecular weight excluding hydrogens is 208 g/mol. The van der Waals surface area contributed by atoms with E-state index in [1.165, 1.54) is 19.2 Å². The minimum atomic E-state index is -1.49. The molecule has 1 aromatic rings. The summed E-state index contributed by atoms with van der Waals surface area (Å²) >= 11 is 5.63. The van der Waals surface area contributed by atoms with Crippen LogP contribution in [0.15, 0.2) is 17.0 Å². The molecule has 0 amide bonds. The van der Waals surface area contributed by atoms with E-state index in [1.807, 2.05) is 0 Å². The van der Waals surface area contributed by atoms with Gasteiger partial charge in [-0.15, -0.1) is 0 Å². The van der Waals surface area contributed by atoms with Crippen molar-refractivity contribution in [1.82, 2.24) is 4.72 Å². The average Bonchev–Trinajstić information content (AvgIpc) is 2.10. The fraction of sp³-hybridized carbons (Fsp3) is 0.143. The van der Waals surface area contributed by atoms with E-state index < -0.39 is 11.0 Å². The van der Waals surface area contributed by atoms with Crippen LogP contribution in [0.5, 0.6) is 5.75 Å². The third kappa shape index (κ3) is 2.24. The van der Waals surface area contributed by atoms with Crippen molar-refractivity contribution in [1.29, 1.82) is 0 Å². The van der Waals surface area contributed by atoms with Crippen LogP contribution in [0.4, 0.5) is 0 Å². The van der Waals surface area contributed by atoms with E-state index in [1.54, 1.807) is 0 Å². The van der Waals surface area contributed by atoms with Gasteiger partial charge >= 0.3 is 0 Å². The predicted octanol–water partition coefficient (Wildman–Crippen LogP) is 0.0814. The molecule has 0 bridgehead atoms. The Morgan fingerprint density at radius 1 is 1.62 bits per heavy atom. The molecule has 0 aromatic heterocycles. The quantitative estimate of drug-likeness (QED) is 0.687. The second-order valence-corrected chi connectivity index (χ2v) is 4.12. The van der Waals surface area contributed by atoms with Gasteiger partial charge in [0, 0.05) is 0 Å². The van der Waals surface area contributed by atoms with E-state index in [4.69, 9.17) is 19.4 Å². The first kappa shape index (κ1) is 10.6. The van der Waals surface area contributed by atoms with Crippen LogP contribution in [0, 0.1) is 0 Å². The first-order valence-electron chi connectivity index (χ1n) is 3.43. The summed E-state index contributed by atoms with van der Waals surface area (Å²) in [6.45, 7) is 0. The summed E-state index contributed by atoms with van der Waals surface area (Å²) in [6.07, 6.45) is 0. The molecule has 68 valence electrons. The number of hydrogen-bond donors (Lipinski definition) is 2. The Morgan fingerprint density at radius 3 is 2.77 bits per heavy atom. The number of aromatic hydroxyl groups is 1. The SMILES string of the molecule is [B]c1cc(Cl)c(O)c(S(=O)NC)c1. The summed E-state index contributed by atoms with van der Waals surface area (Å²) < 4.78 is 13.7. The lowest BCUT2D eigenvalue weighted by Gasteiger charge is -2.06. The van der Waals surface area contributed by atoms with Crippen molar-refractivity contribution in [2.24, 2.45) is 0 Å². The molecule has 2 radical (unpaired) electrons. The number of phenols is 1. The van der Waals surface area contributed by atoms with Crippen LogP contribution >= 0.6 is 11.6 Å². The standard InChI is InChI=1S/C7H7BClNO2S/c1-10-13(12)6-3-4(8)2-5(9)7(6)11/h2-3,10-11H,1H3. The van der Waals surface area contributed by atoms with E-state index in [0.29, 0.717) is 5.46 Å². The van der Waals surface area contributed by atoms with Gasteiger partial charge in [0.15, 0.2) is 5.75 Å². The van der Waals surface area contributed by atoms with Gasteiger partial charge in [-0.05, 0) is 19.2 Å². The van der Waals surface area contributed by atoms with Crippen LogP contribution in [0.25, 0.3) is 0 Å². The largest absolute Gasteiger partial charge is 0.505 e. The van der Waals surface area contributed by atoms with Crippen molar-refractivity contribution in [2.45, 2.75) is 4.90 Å².